The van der Waals surface area contributed by atoms with Crippen LogP contribution in [0.4, 0.5) is 10.2 Å². The van der Waals surface area contributed by atoms with Gasteiger partial charge in [-0.25, -0.2) is 24.1 Å². The van der Waals surface area contributed by atoms with Crippen molar-refractivity contribution in [3.8, 4) is 11.5 Å². The molecular weight excluding hydrogens is 585 g/mol. The number of nitrogen functional groups attached to an aromatic ring is 1. The summed E-state index contributed by atoms with van der Waals surface area (Å²) in [4.78, 5) is 24.2. The first-order chi connectivity index (χ1) is 21.4. The van der Waals surface area contributed by atoms with Crippen molar-refractivity contribution in [3.05, 3.63) is 51.9 Å². The number of aryl methyl sites for hydroxylation is 1. The standard InChI is InChI=1S/C22H26O5.C10H12FN5O2/c1-6-7-13-10-15(23)26-21-16(13)20-14(8-9-22(4,5)27-20)19-17(21)18(24)11(2)12(3)25-19;11-6-1-5(2-17)18-10(6)16-4-15-7-8(12)13-3-14-9(7)16/h8-12,18,24H,6-7H2,1-5H3;3-6,10,17H,1-2H2,(H2,12,13,14)/t11-,12-,18-;5-,6-,10+/m00/s1. The van der Waals surface area contributed by atoms with Crippen LogP contribution in [-0.4, -0.2) is 60.3 Å². The number of hydrogen-bond donors (Lipinski definition) is 3. The van der Waals surface area contributed by atoms with Crippen molar-refractivity contribution in [2.24, 2.45) is 5.92 Å². The molecule has 240 valence electrons. The van der Waals surface area contributed by atoms with Gasteiger partial charge < -0.3 is 34.6 Å². The molecule has 1 fully saturated rings. The number of fused-ring (bicyclic) bond motifs is 7. The van der Waals surface area contributed by atoms with Gasteiger partial charge in [-0.2, -0.15) is 0 Å². The van der Waals surface area contributed by atoms with Crippen molar-refractivity contribution in [1.82, 2.24) is 19.5 Å². The highest BCUT2D eigenvalue weighted by Gasteiger charge is 2.40. The van der Waals surface area contributed by atoms with Gasteiger partial charge in [0.05, 0.1) is 41.7 Å². The minimum Gasteiger partial charge on any atom is -0.489 e. The number of hydrogen-bond acceptors (Lipinski definition) is 11. The first-order valence-corrected chi connectivity index (χ1v) is 15.2. The van der Waals surface area contributed by atoms with E-state index in [2.05, 4.69) is 21.9 Å². The number of nitrogens with two attached hydrogens (primary N) is 1. The van der Waals surface area contributed by atoms with E-state index in [4.69, 9.17) is 29.5 Å². The van der Waals surface area contributed by atoms with E-state index in [-0.39, 0.29) is 30.9 Å². The summed E-state index contributed by atoms with van der Waals surface area (Å²) in [5.41, 5.74) is 8.22. The van der Waals surface area contributed by atoms with Gasteiger partial charge in [-0.05, 0) is 44.9 Å². The van der Waals surface area contributed by atoms with Crippen LogP contribution in [0.2, 0.25) is 0 Å². The van der Waals surface area contributed by atoms with Crippen molar-refractivity contribution in [3.63, 3.8) is 0 Å². The number of anilines is 1. The third-order valence-electron chi connectivity index (χ3n) is 8.62. The number of aliphatic hydroxyl groups is 2. The molecule has 6 atom stereocenters. The largest absolute Gasteiger partial charge is 0.489 e. The van der Waals surface area contributed by atoms with E-state index in [1.807, 2.05) is 39.8 Å². The lowest BCUT2D eigenvalue weighted by molar-refractivity contribution is -0.0351. The monoisotopic (exact) mass is 623 g/mol. The Hall–Kier alpha value is -4.07. The molecule has 3 aliphatic heterocycles. The van der Waals surface area contributed by atoms with Gasteiger partial charge >= 0.3 is 5.63 Å². The van der Waals surface area contributed by atoms with Gasteiger partial charge in [-0.3, -0.25) is 4.57 Å². The summed E-state index contributed by atoms with van der Waals surface area (Å²) in [6, 6.07) is 1.54. The first-order valence-electron chi connectivity index (χ1n) is 15.2. The maximum Gasteiger partial charge on any atom is 0.336 e. The van der Waals surface area contributed by atoms with Gasteiger partial charge in [-0.1, -0.05) is 20.3 Å². The van der Waals surface area contributed by atoms with E-state index in [1.54, 1.807) is 0 Å². The Labute approximate surface area is 258 Å². The molecule has 7 rings (SSSR count). The number of alkyl halides is 1. The van der Waals surface area contributed by atoms with Crippen LogP contribution in [0.25, 0.3) is 28.2 Å². The number of aromatic nitrogens is 4. The zero-order valence-electron chi connectivity index (χ0n) is 25.9. The molecule has 4 N–H and O–H groups in total. The van der Waals surface area contributed by atoms with Crippen LogP contribution in [0.1, 0.15) is 76.5 Å². The Bertz CT molecular complexity index is 1840. The van der Waals surface area contributed by atoms with Crippen molar-refractivity contribution in [2.45, 2.75) is 90.2 Å². The molecular formula is C32H38FN5O7. The minimum absolute atomic E-state index is 0.121. The molecule has 0 bridgehead atoms. The fourth-order valence-corrected chi connectivity index (χ4v) is 6.10. The molecule has 1 aromatic carbocycles. The van der Waals surface area contributed by atoms with E-state index in [0.717, 1.165) is 29.4 Å². The first kappa shape index (κ1) is 30.9. The number of imidazole rings is 1. The van der Waals surface area contributed by atoms with E-state index in [9.17, 15) is 14.3 Å². The lowest BCUT2D eigenvalue weighted by Crippen LogP contribution is -2.34. The molecule has 1 saturated heterocycles. The van der Waals surface area contributed by atoms with Crippen molar-refractivity contribution < 1.29 is 33.2 Å². The minimum atomic E-state index is -1.21. The van der Waals surface area contributed by atoms with Gasteiger partial charge in [0.15, 0.2) is 23.3 Å². The molecule has 0 spiro atoms. The van der Waals surface area contributed by atoms with E-state index >= 15 is 0 Å². The third kappa shape index (κ3) is 5.42. The van der Waals surface area contributed by atoms with Crippen LogP contribution in [-0.2, 0) is 11.2 Å². The number of ether oxygens (including phenoxy) is 3. The van der Waals surface area contributed by atoms with Crippen LogP contribution in [0.5, 0.6) is 11.5 Å². The van der Waals surface area contributed by atoms with Crippen LogP contribution in [0, 0.1) is 5.92 Å². The maximum atomic E-state index is 13.9. The smallest absolute Gasteiger partial charge is 0.336 e. The average Bonchev–Trinajstić information content (AvgIpc) is 3.59. The molecule has 3 aromatic heterocycles. The van der Waals surface area contributed by atoms with Gasteiger partial charge in [0, 0.05) is 18.4 Å². The average molecular weight is 624 g/mol. The quantitative estimate of drug-likeness (QED) is 0.276. The zero-order valence-corrected chi connectivity index (χ0v) is 25.9. The summed E-state index contributed by atoms with van der Waals surface area (Å²) >= 11 is 0. The second-order valence-corrected chi connectivity index (χ2v) is 12.4. The summed E-state index contributed by atoms with van der Waals surface area (Å²) in [5, 5.41) is 20.8. The van der Waals surface area contributed by atoms with E-state index in [0.29, 0.717) is 33.8 Å². The van der Waals surface area contributed by atoms with Gasteiger partial charge in [0.1, 0.15) is 41.2 Å². The molecule has 0 aliphatic carbocycles. The van der Waals surface area contributed by atoms with Crippen molar-refractivity contribution >= 4 is 34.0 Å². The molecule has 13 heteroatoms. The number of nitrogens with zero attached hydrogens (tertiary/aromatic N) is 4. The molecule has 4 aromatic rings. The van der Waals surface area contributed by atoms with Crippen LogP contribution in [0.3, 0.4) is 0 Å². The summed E-state index contributed by atoms with van der Waals surface area (Å²) in [5.74, 6) is 1.34. The highest BCUT2D eigenvalue weighted by atomic mass is 19.1. The Balaban J connectivity index is 0.000000172. The van der Waals surface area contributed by atoms with Crippen LogP contribution in [0.15, 0.2) is 34.0 Å². The Kier molecular flexibility index (Phi) is 8.04. The molecule has 12 nitrogen and oxygen atoms in total. The van der Waals surface area contributed by atoms with Gasteiger partial charge in [0.2, 0.25) is 0 Å². The molecule has 3 aliphatic rings. The third-order valence-corrected chi connectivity index (χ3v) is 8.62. The maximum absolute atomic E-state index is 13.9. The number of benzene rings is 1. The van der Waals surface area contributed by atoms with Crippen molar-refractivity contribution in [2.75, 3.05) is 12.3 Å². The van der Waals surface area contributed by atoms with Gasteiger partial charge in [0.25, 0.3) is 0 Å². The molecule has 0 unspecified atom stereocenters. The van der Waals surface area contributed by atoms with Crippen LogP contribution < -0.4 is 20.8 Å². The Morgan fingerprint density at radius 3 is 2.69 bits per heavy atom. The number of aliphatic hydroxyl groups excluding tert-OH is 2. The SMILES string of the molecule is CCCc1cc(=O)oc2c3c(c4c(c12)OC(C)(C)C=C4)O[C@@H](C)[C@H](C)[C@@H]3O.Nc1ncnc2c1ncn2[C@@H]1O[C@H](CO)C[C@@H]1F. The van der Waals surface area contributed by atoms with Crippen LogP contribution >= 0.6 is 0 Å². The summed E-state index contributed by atoms with van der Waals surface area (Å²) in [7, 11) is 0. The molecule has 45 heavy (non-hydrogen) atoms. The Morgan fingerprint density at radius 2 is 1.98 bits per heavy atom. The normalized spacial score (nSPS) is 26.5. The number of halogens is 1. The summed E-state index contributed by atoms with van der Waals surface area (Å²) in [6.07, 6.45) is 4.98. The Morgan fingerprint density at radius 1 is 1.20 bits per heavy atom. The molecule has 0 saturated carbocycles. The number of rotatable bonds is 4. The van der Waals surface area contributed by atoms with E-state index < -0.39 is 35.8 Å². The lowest BCUT2D eigenvalue weighted by atomic mass is 9.85. The molecule has 0 amide bonds. The zero-order chi connectivity index (χ0) is 32.2. The topological polar surface area (TPSA) is 168 Å². The molecule has 6 heterocycles. The summed E-state index contributed by atoms with van der Waals surface area (Å²) < 4.78 is 38.9. The molecule has 0 radical (unpaired) electrons. The highest BCUT2D eigenvalue weighted by Crippen LogP contribution is 2.52. The fraction of sp³-hybridized carbons (Fsp3) is 0.500. The second kappa shape index (κ2) is 11.7. The predicted octanol–water partition coefficient (Wildman–Crippen LogP) is 4.41. The highest BCUT2D eigenvalue weighted by molar-refractivity contribution is 5.97. The second-order valence-electron chi connectivity index (χ2n) is 12.4. The predicted molar refractivity (Wildman–Crippen MR) is 165 cm³/mol. The van der Waals surface area contributed by atoms with Crippen molar-refractivity contribution in [1.29, 1.82) is 0 Å². The fourth-order valence-electron chi connectivity index (χ4n) is 6.10. The summed E-state index contributed by atoms with van der Waals surface area (Å²) in [6.45, 7) is 9.70. The van der Waals surface area contributed by atoms with Gasteiger partial charge in [-0.15, -0.1) is 0 Å². The van der Waals surface area contributed by atoms with E-state index in [1.165, 1.54) is 23.3 Å². The lowest BCUT2D eigenvalue weighted by Gasteiger charge is -2.37.